The number of carbonyl (C=O) groups is 1. The van der Waals surface area contributed by atoms with Gasteiger partial charge in [-0.1, -0.05) is 25.5 Å². The first-order chi connectivity index (χ1) is 8.13. The lowest BCUT2D eigenvalue weighted by molar-refractivity contribution is -0.132. The van der Waals surface area contributed by atoms with Crippen LogP contribution in [0.1, 0.15) is 32.3 Å². The molecule has 92 valence electrons. The van der Waals surface area contributed by atoms with Crippen molar-refractivity contribution in [3.05, 3.63) is 35.4 Å². The molecule has 17 heavy (non-hydrogen) atoms. The van der Waals surface area contributed by atoms with E-state index in [2.05, 4.69) is 6.92 Å². The zero-order valence-corrected chi connectivity index (χ0v) is 10.3. The van der Waals surface area contributed by atoms with Crippen LogP contribution < -0.4 is 4.74 Å². The summed E-state index contributed by atoms with van der Waals surface area (Å²) >= 11 is 0. The molecular formula is C14H18O3. The zero-order valence-electron chi connectivity index (χ0n) is 10.3. The molecule has 3 heteroatoms. The summed E-state index contributed by atoms with van der Waals surface area (Å²) in [5, 5.41) is 8.75. The Morgan fingerprint density at radius 1 is 1.35 bits per heavy atom. The summed E-state index contributed by atoms with van der Waals surface area (Å²) in [7, 11) is 0. The second kappa shape index (κ2) is 6.74. The Labute approximate surface area is 102 Å². The van der Waals surface area contributed by atoms with Gasteiger partial charge in [0.25, 0.3) is 0 Å². The van der Waals surface area contributed by atoms with E-state index in [-0.39, 0.29) is 0 Å². The van der Waals surface area contributed by atoms with Crippen molar-refractivity contribution in [3.63, 3.8) is 0 Å². The van der Waals surface area contributed by atoms with Gasteiger partial charge in [-0.3, -0.25) is 0 Å². The van der Waals surface area contributed by atoms with Gasteiger partial charge in [0, 0.05) is 5.57 Å². The molecule has 1 rings (SSSR count). The molecule has 0 aliphatic carbocycles. The lowest BCUT2D eigenvalue weighted by atomic mass is 10.1. The largest absolute Gasteiger partial charge is 0.494 e. The predicted octanol–water partition coefficient (Wildman–Crippen LogP) is 3.35. The monoisotopic (exact) mass is 234 g/mol. The number of carboxylic acid groups (broad SMARTS) is 1. The molecule has 0 aliphatic rings. The molecule has 3 nitrogen and oxygen atoms in total. The van der Waals surface area contributed by atoms with Crippen molar-refractivity contribution in [2.24, 2.45) is 0 Å². The summed E-state index contributed by atoms with van der Waals surface area (Å²) in [6, 6.07) is 7.43. The third kappa shape index (κ3) is 4.72. The normalized spacial score (nSPS) is 11.3. The Kier molecular flexibility index (Phi) is 5.27. The lowest BCUT2D eigenvalue weighted by Crippen LogP contribution is -1.97. The van der Waals surface area contributed by atoms with E-state index in [9.17, 15) is 4.79 Å². The van der Waals surface area contributed by atoms with E-state index in [4.69, 9.17) is 9.84 Å². The number of ether oxygens (including phenoxy) is 1. The van der Waals surface area contributed by atoms with Gasteiger partial charge < -0.3 is 9.84 Å². The molecule has 1 N–H and O–H groups in total. The van der Waals surface area contributed by atoms with Gasteiger partial charge in [-0.2, -0.15) is 0 Å². The van der Waals surface area contributed by atoms with Gasteiger partial charge in [0.05, 0.1) is 6.61 Å². The fourth-order valence-corrected chi connectivity index (χ4v) is 1.31. The van der Waals surface area contributed by atoms with Gasteiger partial charge >= 0.3 is 5.97 Å². The van der Waals surface area contributed by atoms with Crippen LogP contribution in [0.4, 0.5) is 0 Å². The maximum Gasteiger partial charge on any atom is 0.331 e. The number of unbranched alkanes of at least 4 members (excludes halogenated alkanes) is 1. The topological polar surface area (TPSA) is 46.5 Å². The summed E-state index contributed by atoms with van der Waals surface area (Å²) < 4.78 is 5.52. The molecule has 1 aromatic rings. The molecule has 0 saturated heterocycles. The van der Waals surface area contributed by atoms with E-state index < -0.39 is 5.97 Å². The molecule has 0 unspecified atom stereocenters. The van der Waals surface area contributed by atoms with Crippen molar-refractivity contribution in [3.8, 4) is 5.75 Å². The first kappa shape index (κ1) is 13.3. The number of benzene rings is 1. The molecule has 0 bridgehead atoms. The first-order valence-electron chi connectivity index (χ1n) is 5.78. The molecule has 0 aromatic heterocycles. The fourth-order valence-electron chi connectivity index (χ4n) is 1.31. The minimum absolute atomic E-state index is 0.324. The highest BCUT2D eigenvalue weighted by Crippen LogP contribution is 2.15. The average Bonchev–Trinajstić information content (AvgIpc) is 2.31. The molecule has 0 heterocycles. The smallest absolute Gasteiger partial charge is 0.331 e. The van der Waals surface area contributed by atoms with Crippen LogP contribution in [0.15, 0.2) is 29.8 Å². The Bertz CT molecular complexity index is 390. The van der Waals surface area contributed by atoms with Gasteiger partial charge in [0.2, 0.25) is 0 Å². The van der Waals surface area contributed by atoms with Crippen LogP contribution in [0, 0.1) is 0 Å². The van der Waals surface area contributed by atoms with Crippen molar-refractivity contribution in [1.82, 2.24) is 0 Å². The maximum atomic E-state index is 10.7. The van der Waals surface area contributed by atoms with Crippen molar-refractivity contribution in [2.45, 2.75) is 26.7 Å². The van der Waals surface area contributed by atoms with E-state index >= 15 is 0 Å². The number of carboxylic acids is 1. The molecule has 0 fully saturated rings. The highest BCUT2D eigenvalue weighted by atomic mass is 16.5. The summed E-state index contributed by atoms with van der Waals surface area (Å²) in [5.74, 6) is -0.0724. The Morgan fingerprint density at radius 3 is 2.53 bits per heavy atom. The lowest BCUT2D eigenvalue weighted by Gasteiger charge is -2.05. The molecule has 0 aliphatic heterocycles. The van der Waals surface area contributed by atoms with Crippen molar-refractivity contribution in [2.75, 3.05) is 6.61 Å². The van der Waals surface area contributed by atoms with Crippen LogP contribution in [0.2, 0.25) is 0 Å². The number of hydrogen-bond acceptors (Lipinski definition) is 2. The SMILES string of the molecule is CCCCOc1ccc(C=C(C)C(=O)O)cc1. The second-order valence-corrected chi connectivity index (χ2v) is 3.90. The third-order valence-electron chi connectivity index (χ3n) is 2.37. The minimum Gasteiger partial charge on any atom is -0.494 e. The minimum atomic E-state index is -0.895. The summed E-state index contributed by atoms with van der Waals surface area (Å²) in [6.07, 6.45) is 3.79. The molecule has 0 atom stereocenters. The van der Waals surface area contributed by atoms with Crippen LogP contribution in [0.5, 0.6) is 5.75 Å². The van der Waals surface area contributed by atoms with Crippen LogP contribution in [0.3, 0.4) is 0 Å². The van der Waals surface area contributed by atoms with Crippen molar-refractivity contribution >= 4 is 12.0 Å². The number of aliphatic carboxylic acids is 1. The molecule has 0 saturated carbocycles. The summed E-state index contributed by atoms with van der Waals surface area (Å²) in [4.78, 5) is 10.7. The molecule has 1 aromatic carbocycles. The van der Waals surface area contributed by atoms with Crippen molar-refractivity contribution in [1.29, 1.82) is 0 Å². The Morgan fingerprint density at radius 2 is 2.00 bits per heavy atom. The fraction of sp³-hybridized carbons (Fsp3) is 0.357. The van der Waals surface area contributed by atoms with Crippen LogP contribution in [0.25, 0.3) is 6.08 Å². The molecule has 0 amide bonds. The van der Waals surface area contributed by atoms with Gasteiger partial charge in [-0.25, -0.2) is 4.79 Å². The molecular weight excluding hydrogens is 216 g/mol. The number of rotatable bonds is 6. The quantitative estimate of drug-likeness (QED) is 0.606. The third-order valence-corrected chi connectivity index (χ3v) is 2.37. The summed E-state index contributed by atoms with van der Waals surface area (Å²) in [5.41, 5.74) is 1.19. The van der Waals surface area contributed by atoms with Gasteiger partial charge in [0.1, 0.15) is 5.75 Å². The highest BCUT2D eigenvalue weighted by molar-refractivity contribution is 5.91. The van der Waals surface area contributed by atoms with Gasteiger partial charge in [-0.15, -0.1) is 0 Å². The van der Waals surface area contributed by atoms with E-state index in [1.807, 2.05) is 24.3 Å². The van der Waals surface area contributed by atoms with Crippen LogP contribution in [-0.4, -0.2) is 17.7 Å². The second-order valence-electron chi connectivity index (χ2n) is 3.90. The maximum absolute atomic E-state index is 10.7. The first-order valence-corrected chi connectivity index (χ1v) is 5.78. The summed E-state index contributed by atoms with van der Waals surface area (Å²) in [6.45, 7) is 4.42. The predicted molar refractivity (Wildman–Crippen MR) is 68.1 cm³/mol. The standard InChI is InChI=1S/C14H18O3/c1-3-4-9-17-13-7-5-12(6-8-13)10-11(2)14(15)16/h5-8,10H,3-4,9H2,1-2H3,(H,15,16). The van der Waals surface area contributed by atoms with Crippen molar-refractivity contribution < 1.29 is 14.6 Å². The van der Waals surface area contributed by atoms with Crippen LogP contribution in [-0.2, 0) is 4.79 Å². The van der Waals surface area contributed by atoms with Crippen LogP contribution >= 0.6 is 0 Å². The van der Waals surface area contributed by atoms with Gasteiger partial charge in [0.15, 0.2) is 0 Å². The Hall–Kier alpha value is -1.77. The molecule has 0 radical (unpaired) electrons. The number of hydrogen-bond donors (Lipinski definition) is 1. The zero-order chi connectivity index (χ0) is 12.7. The van der Waals surface area contributed by atoms with Gasteiger partial charge in [-0.05, 0) is 37.1 Å². The van der Waals surface area contributed by atoms with E-state index in [0.29, 0.717) is 5.57 Å². The Balaban J connectivity index is 2.62. The highest BCUT2D eigenvalue weighted by Gasteiger charge is 2.00. The van der Waals surface area contributed by atoms with E-state index in [1.165, 1.54) is 0 Å². The average molecular weight is 234 g/mol. The van der Waals surface area contributed by atoms with E-state index in [0.717, 1.165) is 30.8 Å². The molecule has 0 spiro atoms. The van der Waals surface area contributed by atoms with E-state index in [1.54, 1.807) is 13.0 Å².